The van der Waals surface area contributed by atoms with E-state index in [2.05, 4.69) is 9.71 Å². The number of hydrogen-bond acceptors (Lipinski definition) is 5. The molecular weight excluding hydrogens is 320 g/mol. The van der Waals surface area contributed by atoms with Crippen molar-refractivity contribution in [3.63, 3.8) is 0 Å². The molecule has 8 heteroatoms. The quantitative estimate of drug-likeness (QED) is 0.800. The van der Waals surface area contributed by atoms with Crippen LogP contribution < -0.4 is 9.46 Å². The van der Waals surface area contributed by atoms with Gasteiger partial charge in [-0.25, -0.2) is 8.42 Å². The summed E-state index contributed by atoms with van der Waals surface area (Å²) in [6.45, 7) is 2.07. The molecule has 0 saturated carbocycles. The highest BCUT2D eigenvalue weighted by Gasteiger charge is 2.20. The maximum Gasteiger partial charge on any atom is 0.307 e. The molecule has 0 saturated heterocycles. The number of aromatic nitrogens is 1. The van der Waals surface area contributed by atoms with Gasteiger partial charge in [0.15, 0.2) is 0 Å². The zero-order valence-electron chi connectivity index (χ0n) is 12.4. The minimum Gasteiger partial charge on any atom is -0.492 e. The molecular formula is C15H16N2O5S. The van der Waals surface area contributed by atoms with Gasteiger partial charge in [0.25, 0.3) is 10.0 Å². The largest absolute Gasteiger partial charge is 0.492 e. The van der Waals surface area contributed by atoms with Crippen molar-refractivity contribution >= 4 is 21.7 Å². The summed E-state index contributed by atoms with van der Waals surface area (Å²) >= 11 is 0. The number of aliphatic carboxylic acids is 1. The van der Waals surface area contributed by atoms with Gasteiger partial charge in [-0.2, -0.15) is 0 Å². The molecule has 122 valence electrons. The molecule has 2 aromatic rings. The normalized spacial score (nSPS) is 11.0. The minimum atomic E-state index is -3.90. The van der Waals surface area contributed by atoms with E-state index < -0.39 is 16.0 Å². The van der Waals surface area contributed by atoms with Crippen LogP contribution in [0, 0.1) is 0 Å². The van der Waals surface area contributed by atoms with Gasteiger partial charge < -0.3 is 9.84 Å². The second-order valence-electron chi connectivity index (χ2n) is 4.63. The van der Waals surface area contributed by atoms with Crippen LogP contribution in [0.1, 0.15) is 12.5 Å². The van der Waals surface area contributed by atoms with Crippen molar-refractivity contribution in [2.75, 3.05) is 11.3 Å². The van der Waals surface area contributed by atoms with Crippen LogP contribution in [0.2, 0.25) is 0 Å². The van der Waals surface area contributed by atoms with E-state index in [-0.39, 0.29) is 22.8 Å². The number of pyridine rings is 1. The van der Waals surface area contributed by atoms with Crippen LogP contribution in [0.3, 0.4) is 0 Å². The van der Waals surface area contributed by atoms with E-state index in [0.717, 1.165) is 0 Å². The number of hydrogen-bond donors (Lipinski definition) is 2. The molecule has 1 aromatic heterocycles. The molecule has 0 aliphatic carbocycles. The maximum absolute atomic E-state index is 12.5. The Bertz CT molecular complexity index is 805. The van der Waals surface area contributed by atoms with E-state index in [9.17, 15) is 13.2 Å². The van der Waals surface area contributed by atoms with Crippen molar-refractivity contribution < 1.29 is 23.1 Å². The highest BCUT2D eigenvalue weighted by atomic mass is 32.2. The number of anilines is 1. The van der Waals surface area contributed by atoms with Gasteiger partial charge in [0.2, 0.25) is 0 Å². The highest BCUT2D eigenvalue weighted by Crippen LogP contribution is 2.25. The summed E-state index contributed by atoms with van der Waals surface area (Å²) in [4.78, 5) is 14.5. The van der Waals surface area contributed by atoms with Crippen LogP contribution in [0.4, 0.5) is 5.69 Å². The van der Waals surface area contributed by atoms with Crippen molar-refractivity contribution in [1.29, 1.82) is 0 Å². The summed E-state index contributed by atoms with van der Waals surface area (Å²) in [5, 5.41) is 8.80. The number of carbonyl (C=O) groups is 1. The van der Waals surface area contributed by atoms with Crippen molar-refractivity contribution in [3.8, 4) is 5.75 Å². The fourth-order valence-corrected chi connectivity index (χ4v) is 3.11. The van der Waals surface area contributed by atoms with Gasteiger partial charge >= 0.3 is 5.97 Å². The Labute approximate surface area is 134 Å². The summed E-state index contributed by atoms with van der Waals surface area (Å²) < 4.78 is 32.7. The number of carboxylic acid groups (broad SMARTS) is 1. The number of carboxylic acids is 1. The molecule has 7 nitrogen and oxygen atoms in total. The van der Waals surface area contributed by atoms with E-state index in [1.165, 1.54) is 24.5 Å². The number of nitrogens with zero attached hydrogens (tertiary/aromatic N) is 1. The Hall–Kier alpha value is -2.61. The first-order valence-corrected chi connectivity index (χ1v) is 8.31. The van der Waals surface area contributed by atoms with Crippen molar-refractivity contribution in [1.82, 2.24) is 4.98 Å². The van der Waals surface area contributed by atoms with Crippen LogP contribution in [0.25, 0.3) is 0 Å². The number of nitrogens with one attached hydrogen (secondary N) is 1. The van der Waals surface area contributed by atoms with Crippen LogP contribution in [-0.2, 0) is 21.2 Å². The average molecular weight is 336 g/mol. The number of ether oxygens (including phenoxy) is 1. The van der Waals surface area contributed by atoms with E-state index in [1.54, 1.807) is 25.1 Å². The average Bonchev–Trinajstić information content (AvgIpc) is 2.47. The Morgan fingerprint density at radius 2 is 2.13 bits per heavy atom. The monoisotopic (exact) mass is 336 g/mol. The lowest BCUT2D eigenvalue weighted by molar-refractivity contribution is -0.136. The van der Waals surface area contributed by atoms with Gasteiger partial charge in [0.1, 0.15) is 10.6 Å². The fourth-order valence-electron chi connectivity index (χ4n) is 1.97. The first kappa shape index (κ1) is 16.8. The second-order valence-corrected chi connectivity index (χ2v) is 6.28. The van der Waals surface area contributed by atoms with E-state index in [4.69, 9.17) is 9.84 Å². The molecule has 0 radical (unpaired) electrons. The third-order valence-corrected chi connectivity index (χ3v) is 4.26. The zero-order valence-corrected chi connectivity index (χ0v) is 13.2. The topological polar surface area (TPSA) is 106 Å². The Balaban J connectivity index is 2.30. The van der Waals surface area contributed by atoms with Gasteiger partial charge in [-0.05, 0) is 30.7 Å². The Morgan fingerprint density at radius 3 is 2.83 bits per heavy atom. The Kier molecular flexibility index (Phi) is 5.17. The smallest absolute Gasteiger partial charge is 0.307 e. The molecule has 0 atom stereocenters. The molecule has 1 heterocycles. The SMILES string of the molecule is CCOc1ccncc1S(=O)(=O)Nc1cccc(CC(=O)O)c1. The van der Waals surface area contributed by atoms with Gasteiger partial charge in [-0.15, -0.1) is 0 Å². The maximum atomic E-state index is 12.5. The third kappa shape index (κ3) is 4.43. The summed E-state index contributed by atoms with van der Waals surface area (Å²) in [6.07, 6.45) is 2.46. The van der Waals surface area contributed by atoms with Crippen LogP contribution in [0.15, 0.2) is 47.6 Å². The van der Waals surface area contributed by atoms with E-state index in [0.29, 0.717) is 12.2 Å². The second kappa shape index (κ2) is 7.10. The summed E-state index contributed by atoms with van der Waals surface area (Å²) in [6, 6.07) is 7.69. The molecule has 0 amide bonds. The molecule has 0 aliphatic heterocycles. The standard InChI is InChI=1S/C15H16N2O5S/c1-2-22-13-6-7-16-10-14(13)23(20,21)17-12-5-3-4-11(8-12)9-15(18)19/h3-8,10,17H,2,9H2,1H3,(H,18,19). The van der Waals surface area contributed by atoms with E-state index >= 15 is 0 Å². The summed E-state index contributed by atoms with van der Waals surface area (Å²) in [5.74, 6) is -0.785. The van der Waals surface area contributed by atoms with Gasteiger partial charge in [-0.3, -0.25) is 14.5 Å². The lowest BCUT2D eigenvalue weighted by Crippen LogP contribution is -2.15. The molecule has 1 aromatic carbocycles. The fraction of sp³-hybridized carbons (Fsp3) is 0.200. The predicted octanol–water partition coefficient (Wildman–Crippen LogP) is 1.91. The zero-order chi connectivity index (χ0) is 16.9. The van der Waals surface area contributed by atoms with E-state index in [1.807, 2.05) is 0 Å². The third-order valence-electron chi connectivity index (χ3n) is 2.87. The van der Waals surface area contributed by atoms with Gasteiger partial charge in [-0.1, -0.05) is 12.1 Å². The summed E-state index contributed by atoms with van der Waals surface area (Å²) in [7, 11) is -3.90. The minimum absolute atomic E-state index is 0.0783. The lowest BCUT2D eigenvalue weighted by atomic mass is 10.1. The number of rotatable bonds is 7. The molecule has 2 N–H and O–H groups in total. The number of sulfonamides is 1. The molecule has 23 heavy (non-hydrogen) atoms. The van der Waals surface area contributed by atoms with Crippen molar-refractivity contribution in [2.24, 2.45) is 0 Å². The number of benzene rings is 1. The molecule has 0 bridgehead atoms. The first-order chi connectivity index (χ1) is 10.9. The van der Waals surface area contributed by atoms with Gasteiger partial charge in [0.05, 0.1) is 19.2 Å². The van der Waals surface area contributed by atoms with Crippen molar-refractivity contribution in [2.45, 2.75) is 18.2 Å². The lowest BCUT2D eigenvalue weighted by Gasteiger charge is -2.12. The van der Waals surface area contributed by atoms with Crippen LogP contribution in [0.5, 0.6) is 5.75 Å². The highest BCUT2D eigenvalue weighted by molar-refractivity contribution is 7.92. The molecule has 0 unspecified atom stereocenters. The first-order valence-electron chi connectivity index (χ1n) is 6.82. The molecule has 2 rings (SSSR count). The van der Waals surface area contributed by atoms with Gasteiger partial charge in [0, 0.05) is 11.9 Å². The summed E-state index contributed by atoms with van der Waals surface area (Å²) in [5.41, 5.74) is 0.768. The molecule has 0 aliphatic rings. The Morgan fingerprint density at radius 1 is 1.35 bits per heavy atom. The van der Waals surface area contributed by atoms with Crippen molar-refractivity contribution in [3.05, 3.63) is 48.3 Å². The predicted molar refractivity (Wildman–Crippen MR) is 84.0 cm³/mol. The molecule has 0 fully saturated rings. The van der Waals surface area contributed by atoms with Crippen LogP contribution in [-0.4, -0.2) is 31.1 Å². The van der Waals surface area contributed by atoms with Crippen LogP contribution >= 0.6 is 0 Å². The molecule has 0 spiro atoms.